The zero-order chi connectivity index (χ0) is 21.4. The Morgan fingerprint density at radius 2 is 2.03 bits per heavy atom. The van der Waals surface area contributed by atoms with Gasteiger partial charge in [0.15, 0.2) is 5.96 Å². The van der Waals surface area contributed by atoms with Crippen LogP contribution in [0.3, 0.4) is 0 Å². The van der Waals surface area contributed by atoms with E-state index in [1.165, 1.54) is 17.0 Å². The van der Waals surface area contributed by atoms with Gasteiger partial charge in [0.05, 0.1) is 0 Å². The molecule has 1 aliphatic heterocycles. The van der Waals surface area contributed by atoms with Crippen LogP contribution in [0.5, 0.6) is 0 Å². The molecule has 0 radical (unpaired) electrons. The van der Waals surface area contributed by atoms with Gasteiger partial charge in [-0.3, -0.25) is 14.7 Å². The van der Waals surface area contributed by atoms with Crippen LogP contribution in [-0.4, -0.2) is 54.5 Å². The predicted molar refractivity (Wildman–Crippen MR) is 112 cm³/mol. The predicted octanol–water partition coefficient (Wildman–Crippen LogP) is 2.34. The fourth-order valence-electron chi connectivity index (χ4n) is 3.21. The standard InChI is InChI=1S/C21H32FN5O2/c1-5-21(4)18(28)27(20(29)26-21)13-7-11-24-19(23-6-2)25-12-10-16-8-9-17(22)14-15(16)3/h8-9,14H,5-7,10-13H2,1-4H3,(H,26,29)(H2,23,24,25). The van der Waals surface area contributed by atoms with E-state index in [1.54, 1.807) is 13.0 Å². The molecule has 7 nitrogen and oxygen atoms in total. The molecule has 1 saturated heterocycles. The molecule has 1 atom stereocenters. The Labute approximate surface area is 172 Å². The first-order valence-electron chi connectivity index (χ1n) is 10.2. The molecule has 160 valence electrons. The molecule has 0 aromatic heterocycles. The quantitative estimate of drug-likeness (QED) is 0.255. The van der Waals surface area contributed by atoms with Crippen molar-refractivity contribution < 1.29 is 14.0 Å². The molecule has 1 fully saturated rings. The number of benzene rings is 1. The van der Waals surface area contributed by atoms with Gasteiger partial charge in [-0.25, -0.2) is 9.18 Å². The van der Waals surface area contributed by atoms with Crippen molar-refractivity contribution in [2.75, 3.05) is 26.2 Å². The van der Waals surface area contributed by atoms with Crippen molar-refractivity contribution in [1.29, 1.82) is 0 Å². The number of nitrogens with zero attached hydrogens (tertiary/aromatic N) is 2. The number of amides is 3. The van der Waals surface area contributed by atoms with Gasteiger partial charge in [-0.1, -0.05) is 13.0 Å². The minimum absolute atomic E-state index is 0.173. The van der Waals surface area contributed by atoms with E-state index in [0.717, 1.165) is 24.1 Å². The third-order valence-electron chi connectivity index (χ3n) is 5.20. The summed E-state index contributed by atoms with van der Waals surface area (Å²) in [4.78, 5) is 30.2. The minimum atomic E-state index is -0.796. The number of guanidine groups is 1. The van der Waals surface area contributed by atoms with Crippen molar-refractivity contribution in [2.24, 2.45) is 4.99 Å². The van der Waals surface area contributed by atoms with Gasteiger partial charge in [-0.05, 0) is 63.3 Å². The van der Waals surface area contributed by atoms with Crippen LogP contribution in [0, 0.1) is 12.7 Å². The van der Waals surface area contributed by atoms with Crippen LogP contribution in [0.25, 0.3) is 0 Å². The molecule has 29 heavy (non-hydrogen) atoms. The van der Waals surface area contributed by atoms with E-state index < -0.39 is 5.54 Å². The molecule has 1 unspecified atom stereocenters. The van der Waals surface area contributed by atoms with E-state index in [1.807, 2.05) is 20.8 Å². The van der Waals surface area contributed by atoms with Gasteiger partial charge in [-0.15, -0.1) is 0 Å². The summed E-state index contributed by atoms with van der Waals surface area (Å²) in [5, 5.41) is 9.20. The van der Waals surface area contributed by atoms with Crippen LogP contribution in [0.1, 0.15) is 44.7 Å². The van der Waals surface area contributed by atoms with Crippen LogP contribution in [0.4, 0.5) is 9.18 Å². The van der Waals surface area contributed by atoms with E-state index in [4.69, 9.17) is 0 Å². The number of aryl methyl sites for hydroxylation is 1. The van der Waals surface area contributed by atoms with Gasteiger partial charge in [0.2, 0.25) is 0 Å². The molecular formula is C21H32FN5O2. The van der Waals surface area contributed by atoms with Crippen molar-refractivity contribution in [3.8, 4) is 0 Å². The van der Waals surface area contributed by atoms with Crippen LogP contribution >= 0.6 is 0 Å². The molecule has 1 aliphatic rings. The molecule has 1 aromatic rings. The van der Waals surface area contributed by atoms with Crippen molar-refractivity contribution in [3.05, 3.63) is 35.1 Å². The van der Waals surface area contributed by atoms with E-state index in [-0.39, 0.29) is 17.8 Å². The molecule has 8 heteroatoms. The Morgan fingerprint density at radius 1 is 1.28 bits per heavy atom. The maximum atomic E-state index is 13.2. The number of halogens is 1. The fraction of sp³-hybridized carbons (Fsp3) is 0.571. The monoisotopic (exact) mass is 405 g/mol. The molecule has 0 saturated carbocycles. The lowest BCUT2D eigenvalue weighted by atomic mass is 9.99. The lowest BCUT2D eigenvalue weighted by molar-refractivity contribution is -0.130. The van der Waals surface area contributed by atoms with Gasteiger partial charge in [-0.2, -0.15) is 0 Å². The molecule has 0 aliphatic carbocycles. The van der Waals surface area contributed by atoms with Crippen LogP contribution < -0.4 is 16.0 Å². The van der Waals surface area contributed by atoms with Gasteiger partial charge >= 0.3 is 6.03 Å². The number of aliphatic imine (C=N–C) groups is 1. The normalized spacial score (nSPS) is 19.5. The Bertz CT molecular complexity index is 767. The summed E-state index contributed by atoms with van der Waals surface area (Å²) >= 11 is 0. The summed E-state index contributed by atoms with van der Waals surface area (Å²) in [6.45, 7) is 9.75. The van der Waals surface area contributed by atoms with Crippen molar-refractivity contribution in [1.82, 2.24) is 20.9 Å². The second kappa shape index (κ2) is 10.2. The summed E-state index contributed by atoms with van der Waals surface area (Å²) in [7, 11) is 0. The lowest BCUT2D eigenvalue weighted by Crippen LogP contribution is -2.43. The zero-order valence-electron chi connectivity index (χ0n) is 17.8. The number of rotatable bonds is 9. The van der Waals surface area contributed by atoms with Gasteiger partial charge in [0.1, 0.15) is 11.4 Å². The Kier molecular flexibility index (Phi) is 7.99. The number of urea groups is 1. The summed E-state index contributed by atoms with van der Waals surface area (Å²) < 4.78 is 13.2. The Hall–Kier alpha value is -2.64. The van der Waals surface area contributed by atoms with Crippen molar-refractivity contribution >= 4 is 17.9 Å². The summed E-state index contributed by atoms with van der Waals surface area (Å²) in [6, 6.07) is 4.48. The summed E-state index contributed by atoms with van der Waals surface area (Å²) in [5.74, 6) is 0.287. The van der Waals surface area contributed by atoms with E-state index >= 15 is 0 Å². The third kappa shape index (κ3) is 5.92. The number of carbonyl (C=O) groups is 2. The van der Waals surface area contributed by atoms with Crippen LogP contribution in [0.2, 0.25) is 0 Å². The second-order valence-electron chi connectivity index (χ2n) is 7.43. The summed E-state index contributed by atoms with van der Waals surface area (Å²) in [5.41, 5.74) is 1.23. The smallest absolute Gasteiger partial charge is 0.325 e. The van der Waals surface area contributed by atoms with Crippen molar-refractivity contribution in [3.63, 3.8) is 0 Å². The van der Waals surface area contributed by atoms with E-state index in [2.05, 4.69) is 20.9 Å². The number of hydrogen-bond acceptors (Lipinski definition) is 3. The lowest BCUT2D eigenvalue weighted by Gasteiger charge is -2.19. The third-order valence-corrected chi connectivity index (χ3v) is 5.20. The SMILES string of the molecule is CCNC(=NCCCN1C(=O)NC(C)(CC)C1=O)NCCc1ccc(F)cc1C. The van der Waals surface area contributed by atoms with Crippen LogP contribution in [0.15, 0.2) is 23.2 Å². The number of imide groups is 1. The Morgan fingerprint density at radius 3 is 2.66 bits per heavy atom. The highest BCUT2D eigenvalue weighted by molar-refractivity contribution is 6.06. The molecule has 1 aromatic carbocycles. The zero-order valence-corrected chi connectivity index (χ0v) is 17.8. The van der Waals surface area contributed by atoms with Gasteiger partial charge in [0.25, 0.3) is 5.91 Å². The highest BCUT2D eigenvalue weighted by Gasteiger charge is 2.45. The number of nitrogens with one attached hydrogen (secondary N) is 3. The maximum Gasteiger partial charge on any atom is 0.325 e. The number of carbonyl (C=O) groups excluding carboxylic acids is 2. The van der Waals surface area contributed by atoms with Gasteiger partial charge in [0, 0.05) is 26.2 Å². The molecule has 2 rings (SSSR count). The van der Waals surface area contributed by atoms with Crippen LogP contribution in [-0.2, 0) is 11.2 Å². The maximum absolute atomic E-state index is 13.2. The van der Waals surface area contributed by atoms with Crippen molar-refractivity contribution in [2.45, 2.75) is 52.5 Å². The van der Waals surface area contributed by atoms with E-state index in [0.29, 0.717) is 38.4 Å². The molecule has 1 heterocycles. The topological polar surface area (TPSA) is 85.8 Å². The molecule has 0 spiro atoms. The highest BCUT2D eigenvalue weighted by atomic mass is 19.1. The second-order valence-corrected chi connectivity index (χ2v) is 7.43. The minimum Gasteiger partial charge on any atom is -0.357 e. The average Bonchev–Trinajstić information content (AvgIpc) is 2.90. The molecule has 3 N–H and O–H groups in total. The first-order chi connectivity index (χ1) is 13.8. The largest absolute Gasteiger partial charge is 0.357 e. The molecule has 3 amide bonds. The molecular weight excluding hydrogens is 373 g/mol. The first-order valence-corrected chi connectivity index (χ1v) is 10.2. The molecule has 0 bridgehead atoms. The average molecular weight is 406 g/mol. The van der Waals surface area contributed by atoms with Gasteiger partial charge < -0.3 is 16.0 Å². The fourth-order valence-corrected chi connectivity index (χ4v) is 3.21. The van der Waals surface area contributed by atoms with E-state index in [9.17, 15) is 14.0 Å². The Balaban J connectivity index is 1.81. The highest BCUT2D eigenvalue weighted by Crippen LogP contribution is 2.20. The first kappa shape index (κ1) is 22.6. The summed E-state index contributed by atoms with van der Waals surface area (Å²) in [6.07, 6.45) is 1.91. The number of hydrogen-bond donors (Lipinski definition) is 3.